The molecule has 228 valence electrons. The minimum Gasteiger partial charge on any atom is -0.462 e. The first-order valence-corrected chi connectivity index (χ1v) is 16.1. The molecule has 10 nitrogen and oxygen atoms in total. The Morgan fingerprint density at radius 3 is 1.33 bits per heavy atom. The fourth-order valence-corrected chi connectivity index (χ4v) is 7.11. The standard InChI is InChI=1S/C31H34N2O8S2/c1-5-38-28(34)22-20-14-9-11-16-32(20)24(30(36)40-7-3)26(22)42-18-13-19-43-27-23(29(35)39-6-2)21-15-10-12-17-33(21)25(27)31(37)41-8-4/h9-12,14-17H,5-8,13,18-19H2,1-4H3. The van der Waals surface area contributed by atoms with Crippen molar-refractivity contribution in [1.82, 2.24) is 8.80 Å². The van der Waals surface area contributed by atoms with Crippen LogP contribution in [0.1, 0.15) is 75.8 Å². The normalized spacial score (nSPS) is 11.1. The highest BCUT2D eigenvalue weighted by Crippen LogP contribution is 2.37. The SMILES string of the molecule is CCOC(=O)c1c(SCCCSc2c(C(=O)OCC)c3ccccn3c2C(=O)OCC)c(C(=O)OCC)n2ccccc12. The van der Waals surface area contributed by atoms with E-state index in [4.69, 9.17) is 18.9 Å². The number of thioether (sulfide) groups is 2. The maximum absolute atomic E-state index is 13.0. The molecule has 4 rings (SSSR count). The van der Waals surface area contributed by atoms with Crippen LogP contribution >= 0.6 is 23.5 Å². The summed E-state index contributed by atoms with van der Waals surface area (Å²) < 4.78 is 24.7. The molecule has 0 unspecified atom stereocenters. The monoisotopic (exact) mass is 626 g/mol. The molecular formula is C31H34N2O8S2. The minimum absolute atomic E-state index is 0.187. The summed E-state index contributed by atoms with van der Waals surface area (Å²) in [7, 11) is 0. The van der Waals surface area contributed by atoms with E-state index in [-0.39, 0.29) is 37.8 Å². The van der Waals surface area contributed by atoms with Gasteiger partial charge >= 0.3 is 23.9 Å². The van der Waals surface area contributed by atoms with E-state index < -0.39 is 23.9 Å². The number of ether oxygens (including phenoxy) is 4. The van der Waals surface area contributed by atoms with Gasteiger partial charge in [0.15, 0.2) is 0 Å². The van der Waals surface area contributed by atoms with Gasteiger partial charge in [-0.1, -0.05) is 12.1 Å². The number of hydrogen-bond acceptors (Lipinski definition) is 10. The fourth-order valence-electron chi connectivity index (χ4n) is 4.64. The van der Waals surface area contributed by atoms with Crippen molar-refractivity contribution < 1.29 is 38.1 Å². The van der Waals surface area contributed by atoms with Gasteiger partial charge in [0.2, 0.25) is 0 Å². The molecule has 0 saturated heterocycles. The van der Waals surface area contributed by atoms with Gasteiger partial charge in [0.05, 0.1) is 58.4 Å². The molecule has 0 aliphatic carbocycles. The van der Waals surface area contributed by atoms with Gasteiger partial charge in [0.1, 0.15) is 11.4 Å². The van der Waals surface area contributed by atoms with E-state index in [0.29, 0.717) is 49.9 Å². The number of esters is 4. The van der Waals surface area contributed by atoms with Crippen LogP contribution < -0.4 is 0 Å². The quantitative estimate of drug-likeness (QED) is 0.0696. The van der Waals surface area contributed by atoms with Crippen LogP contribution in [0.5, 0.6) is 0 Å². The Balaban J connectivity index is 1.63. The Morgan fingerprint density at radius 1 is 0.581 bits per heavy atom. The lowest BCUT2D eigenvalue weighted by Crippen LogP contribution is -2.10. The number of carbonyl (C=O) groups excluding carboxylic acids is 4. The summed E-state index contributed by atoms with van der Waals surface area (Å²) in [6, 6.07) is 10.7. The molecule has 4 aromatic rings. The van der Waals surface area contributed by atoms with Crippen LogP contribution in [0.15, 0.2) is 58.6 Å². The van der Waals surface area contributed by atoms with Crippen molar-refractivity contribution in [3.63, 3.8) is 0 Å². The molecule has 0 fully saturated rings. The molecule has 0 N–H and O–H groups in total. The molecule has 4 aromatic heterocycles. The molecule has 0 aliphatic rings. The minimum atomic E-state index is -0.533. The van der Waals surface area contributed by atoms with E-state index in [1.165, 1.54) is 23.5 Å². The molecule has 0 radical (unpaired) electrons. The van der Waals surface area contributed by atoms with E-state index in [1.807, 2.05) is 0 Å². The lowest BCUT2D eigenvalue weighted by molar-refractivity contribution is 0.0498. The van der Waals surface area contributed by atoms with Crippen molar-refractivity contribution in [2.24, 2.45) is 0 Å². The number of pyridine rings is 2. The van der Waals surface area contributed by atoms with Crippen molar-refractivity contribution >= 4 is 58.4 Å². The van der Waals surface area contributed by atoms with Gasteiger partial charge in [-0.25, -0.2) is 19.2 Å². The molecule has 0 spiro atoms. The molecule has 0 amide bonds. The largest absolute Gasteiger partial charge is 0.462 e. The Hall–Kier alpha value is -3.90. The van der Waals surface area contributed by atoms with Crippen LogP contribution in [0.4, 0.5) is 0 Å². The lowest BCUT2D eigenvalue weighted by Gasteiger charge is -2.09. The van der Waals surface area contributed by atoms with E-state index in [1.54, 1.807) is 85.3 Å². The van der Waals surface area contributed by atoms with Gasteiger partial charge in [-0.3, -0.25) is 0 Å². The first-order chi connectivity index (χ1) is 20.9. The van der Waals surface area contributed by atoms with E-state index in [2.05, 4.69) is 0 Å². The second kappa shape index (κ2) is 15.0. The van der Waals surface area contributed by atoms with Crippen molar-refractivity contribution in [3.05, 3.63) is 71.3 Å². The third-order valence-corrected chi connectivity index (χ3v) is 8.63. The first-order valence-electron chi connectivity index (χ1n) is 14.1. The van der Waals surface area contributed by atoms with Gasteiger partial charge in [-0.15, -0.1) is 23.5 Å². The fraction of sp³-hybridized carbons (Fsp3) is 0.355. The molecule has 0 aliphatic heterocycles. The highest BCUT2D eigenvalue weighted by Gasteiger charge is 2.30. The van der Waals surface area contributed by atoms with Gasteiger partial charge in [-0.05, 0) is 69.9 Å². The topological polar surface area (TPSA) is 114 Å². The Labute approximate surface area is 258 Å². The predicted molar refractivity (Wildman–Crippen MR) is 165 cm³/mol. The molecule has 12 heteroatoms. The zero-order valence-electron chi connectivity index (χ0n) is 24.5. The Kier molecular flexibility index (Phi) is 11.2. The number of hydrogen-bond donors (Lipinski definition) is 0. The lowest BCUT2D eigenvalue weighted by atomic mass is 10.2. The second-order valence-corrected chi connectivity index (χ2v) is 11.2. The maximum Gasteiger partial charge on any atom is 0.356 e. The van der Waals surface area contributed by atoms with Gasteiger partial charge in [-0.2, -0.15) is 0 Å². The van der Waals surface area contributed by atoms with Crippen LogP contribution in [0.3, 0.4) is 0 Å². The van der Waals surface area contributed by atoms with E-state index in [9.17, 15) is 19.2 Å². The molecular weight excluding hydrogens is 592 g/mol. The van der Waals surface area contributed by atoms with Crippen LogP contribution in [0, 0.1) is 0 Å². The molecule has 0 saturated carbocycles. The second-order valence-electron chi connectivity index (χ2n) is 8.95. The van der Waals surface area contributed by atoms with Crippen molar-refractivity contribution in [2.75, 3.05) is 37.9 Å². The first kappa shape index (κ1) is 32.0. The van der Waals surface area contributed by atoms with Crippen molar-refractivity contribution in [3.8, 4) is 0 Å². The number of carbonyl (C=O) groups is 4. The highest BCUT2D eigenvalue weighted by molar-refractivity contribution is 8.00. The Morgan fingerprint density at radius 2 is 0.953 bits per heavy atom. The van der Waals surface area contributed by atoms with Crippen molar-refractivity contribution in [1.29, 1.82) is 0 Å². The van der Waals surface area contributed by atoms with Crippen LogP contribution in [0.2, 0.25) is 0 Å². The molecule has 4 heterocycles. The van der Waals surface area contributed by atoms with Crippen LogP contribution in [-0.4, -0.2) is 70.6 Å². The average Bonchev–Trinajstić information content (AvgIpc) is 3.50. The third-order valence-electron chi connectivity index (χ3n) is 6.28. The summed E-state index contributed by atoms with van der Waals surface area (Å²) in [6.07, 6.45) is 4.05. The van der Waals surface area contributed by atoms with Gasteiger partial charge in [0, 0.05) is 12.4 Å². The third kappa shape index (κ3) is 6.70. The van der Waals surface area contributed by atoms with E-state index in [0.717, 1.165) is 0 Å². The molecule has 43 heavy (non-hydrogen) atoms. The predicted octanol–water partition coefficient (Wildman–Crippen LogP) is 6.17. The van der Waals surface area contributed by atoms with E-state index >= 15 is 0 Å². The Bertz CT molecular complexity index is 1410. The smallest absolute Gasteiger partial charge is 0.356 e. The zero-order valence-corrected chi connectivity index (χ0v) is 26.2. The number of rotatable bonds is 14. The maximum atomic E-state index is 13.0. The van der Waals surface area contributed by atoms with Gasteiger partial charge in [0.25, 0.3) is 0 Å². The molecule has 0 aromatic carbocycles. The van der Waals surface area contributed by atoms with Crippen molar-refractivity contribution in [2.45, 2.75) is 43.9 Å². The number of aromatic nitrogens is 2. The molecule has 0 atom stereocenters. The summed E-state index contributed by atoms with van der Waals surface area (Å²) in [5.41, 5.74) is 2.28. The summed E-state index contributed by atoms with van der Waals surface area (Å²) in [5.74, 6) is -1.04. The number of fused-ring (bicyclic) bond motifs is 2. The van der Waals surface area contributed by atoms with Gasteiger partial charge < -0.3 is 27.7 Å². The summed E-state index contributed by atoms with van der Waals surface area (Å²) in [5, 5.41) is 0. The average molecular weight is 627 g/mol. The van der Waals surface area contributed by atoms with Crippen LogP contribution in [0.25, 0.3) is 11.0 Å². The number of nitrogens with zero attached hydrogens (tertiary/aromatic N) is 2. The van der Waals surface area contributed by atoms with Crippen LogP contribution in [-0.2, 0) is 18.9 Å². The zero-order chi connectivity index (χ0) is 30.9. The molecule has 0 bridgehead atoms. The highest BCUT2D eigenvalue weighted by atomic mass is 32.2. The summed E-state index contributed by atoms with van der Waals surface area (Å²) >= 11 is 2.72. The summed E-state index contributed by atoms with van der Waals surface area (Å²) in [4.78, 5) is 53.1. The summed E-state index contributed by atoms with van der Waals surface area (Å²) in [6.45, 7) is 7.67.